The van der Waals surface area contributed by atoms with E-state index in [1.807, 2.05) is 24.4 Å². The molecule has 48 heavy (non-hydrogen) atoms. The van der Waals surface area contributed by atoms with E-state index in [1.165, 1.54) is 24.0 Å². The third-order valence-electron chi connectivity index (χ3n) is 8.73. The molecule has 6 heterocycles. The van der Waals surface area contributed by atoms with E-state index in [-0.39, 0.29) is 30.3 Å². The number of anilines is 3. The van der Waals surface area contributed by atoms with Gasteiger partial charge in [0.25, 0.3) is 0 Å². The lowest BCUT2D eigenvalue weighted by molar-refractivity contribution is -0.396. The fourth-order valence-electron chi connectivity index (χ4n) is 6.13. The van der Waals surface area contributed by atoms with Gasteiger partial charge in [-0.1, -0.05) is 4.98 Å². The van der Waals surface area contributed by atoms with Crippen molar-refractivity contribution in [2.24, 2.45) is 7.05 Å². The summed E-state index contributed by atoms with van der Waals surface area (Å²) in [5, 5.41) is 19.7. The van der Waals surface area contributed by atoms with Gasteiger partial charge in [0.15, 0.2) is 5.65 Å². The molecule has 252 valence electrons. The number of fused-ring (bicyclic) bond motifs is 2. The maximum absolute atomic E-state index is 13.1. The lowest BCUT2D eigenvalue weighted by Gasteiger charge is -2.31. The van der Waals surface area contributed by atoms with Crippen LogP contribution >= 0.6 is 0 Å². The molecule has 0 atom stereocenters. The third-order valence-corrected chi connectivity index (χ3v) is 9.87. The molecule has 2 aliphatic rings. The van der Waals surface area contributed by atoms with Crippen LogP contribution in [0.4, 0.5) is 23.3 Å². The van der Waals surface area contributed by atoms with Gasteiger partial charge in [0, 0.05) is 37.5 Å². The molecule has 1 aliphatic heterocycles. The maximum atomic E-state index is 13.1. The molecular formula is C30H35N11O6S. The van der Waals surface area contributed by atoms with Crippen LogP contribution in [0.25, 0.3) is 16.6 Å². The van der Waals surface area contributed by atoms with E-state index in [2.05, 4.69) is 30.3 Å². The highest BCUT2D eigenvalue weighted by atomic mass is 32.2. The molecule has 17 nitrogen and oxygen atoms in total. The summed E-state index contributed by atoms with van der Waals surface area (Å²) in [4.78, 5) is 30.9. The van der Waals surface area contributed by atoms with Crippen molar-refractivity contribution in [3.05, 3.63) is 64.9 Å². The van der Waals surface area contributed by atoms with Gasteiger partial charge >= 0.3 is 5.95 Å². The van der Waals surface area contributed by atoms with Gasteiger partial charge in [0.05, 0.1) is 62.0 Å². The highest BCUT2D eigenvalue weighted by Crippen LogP contribution is 2.34. The minimum absolute atomic E-state index is 0.117. The molecule has 0 unspecified atom stereocenters. The van der Waals surface area contributed by atoms with E-state index < -0.39 is 14.9 Å². The molecule has 2 fully saturated rings. The van der Waals surface area contributed by atoms with Gasteiger partial charge in [-0.15, -0.1) is 0 Å². The van der Waals surface area contributed by atoms with Gasteiger partial charge in [-0.2, -0.15) is 10.1 Å². The number of hydrogen-bond acceptors (Lipinski definition) is 13. The van der Waals surface area contributed by atoms with Gasteiger partial charge in [-0.3, -0.25) is 9.29 Å². The van der Waals surface area contributed by atoms with Crippen LogP contribution in [0.2, 0.25) is 0 Å². The van der Waals surface area contributed by atoms with Crippen molar-refractivity contribution in [3.8, 4) is 5.88 Å². The summed E-state index contributed by atoms with van der Waals surface area (Å²) in [7, 11) is -2.36. The van der Waals surface area contributed by atoms with Gasteiger partial charge in [-0.05, 0) is 42.7 Å². The molecule has 1 aliphatic carbocycles. The average Bonchev–Trinajstić information content (AvgIpc) is 3.70. The van der Waals surface area contributed by atoms with Crippen molar-refractivity contribution in [1.82, 2.24) is 34.1 Å². The highest BCUT2D eigenvalue weighted by molar-refractivity contribution is 7.92. The van der Waals surface area contributed by atoms with E-state index in [4.69, 9.17) is 14.5 Å². The number of rotatable bonds is 10. The molecule has 5 aromatic rings. The topological polar surface area (TPSA) is 188 Å². The van der Waals surface area contributed by atoms with Crippen LogP contribution in [0.1, 0.15) is 31.4 Å². The number of sulfonamides is 1. The largest absolute Gasteiger partial charge is 0.474 e. The molecule has 0 amide bonds. The number of morpholine rings is 1. The Labute approximate surface area is 275 Å². The number of imidazole rings is 1. The third kappa shape index (κ3) is 6.52. The first-order chi connectivity index (χ1) is 23.1. The number of pyridine rings is 2. The second kappa shape index (κ2) is 12.8. The van der Waals surface area contributed by atoms with Gasteiger partial charge < -0.3 is 29.8 Å². The lowest BCUT2D eigenvalue weighted by atomic mass is 9.93. The molecule has 0 aromatic carbocycles. The van der Waals surface area contributed by atoms with Crippen molar-refractivity contribution >= 4 is 49.8 Å². The first-order valence-electron chi connectivity index (χ1n) is 15.6. The van der Waals surface area contributed by atoms with Crippen LogP contribution in [0, 0.1) is 10.1 Å². The second-order valence-corrected chi connectivity index (χ2v) is 13.9. The quantitative estimate of drug-likeness (QED) is 0.168. The van der Waals surface area contributed by atoms with Crippen molar-refractivity contribution in [2.45, 2.75) is 44.4 Å². The zero-order valence-corrected chi connectivity index (χ0v) is 27.3. The van der Waals surface area contributed by atoms with Crippen molar-refractivity contribution in [2.75, 3.05) is 47.1 Å². The summed E-state index contributed by atoms with van der Waals surface area (Å²) in [5.41, 5.74) is 2.00. The zero-order valence-electron chi connectivity index (χ0n) is 26.5. The standard InChI is InChI=1S/C30H35N11O6S/c1-37-22(18-32-30(37)41(42)43)19-40(48(2,44)45)21-15-24-25(31-17-21)16-28(38-11-13-46-14-12-38)36-29(24)47-23-5-3-20(4-6-23)34-26-8-10-39-27(35-26)7-9-33-39/h7-10,15-18,20,23H,3-6,11-14,19H2,1-2H3,(H,34,35). The smallest absolute Gasteiger partial charge is 0.434 e. The Morgan fingerprint density at radius 1 is 1.10 bits per heavy atom. The Balaban J connectivity index is 1.16. The van der Waals surface area contributed by atoms with E-state index in [9.17, 15) is 18.5 Å². The molecule has 1 saturated carbocycles. The van der Waals surface area contributed by atoms with Gasteiger partial charge in [0.2, 0.25) is 15.9 Å². The van der Waals surface area contributed by atoms with Crippen LogP contribution in [0.5, 0.6) is 5.88 Å². The van der Waals surface area contributed by atoms with Crippen LogP contribution < -0.4 is 19.3 Å². The van der Waals surface area contributed by atoms with Crippen LogP contribution in [-0.2, 0) is 28.4 Å². The molecule has 5 aromatic heterocycles. The summed E-state index contributed by atoms with van der Waals surface area (Å²) < 4.78 is 42.4. The van der Waals surface area contributed by atoms with E-state index in [1.54, 1.807) is 16.8 Å². The molecule has 7 rings (SSSR count). The van der Waals surface area contributed by atoms with Crippen LogP contribution in [0.3, 0.4) is 0 Å². The number of ether oxygens (including phenoxy) is 2. The van der Waals surface area contributed by atoms with Gasteiger partial charge in [-0.25, -0.2) is 22.5 Å². The van der Waals surface area contributed by atoms with Crippen LogP contribution in [-0.4, -0.2) is 92.2 Å². The van der Waals surface area contributed by atoms with E-state index >= 15 is 0 Å². The predicted molar refractivity (Wildman–Crippen MR) is 177 cm³/mol. The van der Waals surface area contributed by atoms with E-state index in [0.717, 1.165) is 47.7 Å². The summed E-state index contributed by atoms with van der Waals surface area (Å²) in [6, 6.07) is 7.57. The zero-order chi connectivity index (χ0) is 33.4. The monoisotopic (exact) mass is 677 g/mol. The molecule has 0 spiro atoms. The predicted octanol–water partition coefficient (Wildman–Crippen LogP) is 2.92. The summed E-state index contributed by atoms with van der Waals surface area (Å²) in [6.45, 7) is 2.32. The number of nitrogens with zero attached hydrogens (tertiary/aromatic N) is 10. The number of hydrogen-bond donors (Lipinski definition) is 1. The molecule has 1 N–H and O–H groups in total. The fourth-order valence-corrected chi connectivity index (χ4v) is 6.98. The minimum atomic E-state index is -3.84. The number of aromatic nitrogens is 7. The lowest BCUT2D eigenvalue weighted by Crippen LogP contribution is -2.37. The number of nitro groups is 1. The maximum Gasteiger partial charge on any atom is 0.434 e. The Bertz CT molecular complexity index is 2070. The van der Waals surface area contributed by atoms with Crippen molar-refractivity contribution in [3.63, 3.8) is 0 Å². The Kier molecular flexibility index (Phi) is 8.42. The molecule has 0 bridgehead atoms. The first kappa shape index (κ1) is 31.5. The molecule has 0 radical (unpaired) electrons. The fraction of sp³-hybridized carbons (Fsp3) is 0.433. The highest BCUT2D eigenvalue weighted by Gasteiger charge is 2.28. The second-order valence-electron chi connectivity index (χ2n) is 12.0. The van der Waals surface area contributed by atoms with Crippen molar-refractivity contribution in [1.29, 1.82) is 0 Å². The van der Waals surface area contributed by atoms with E-state index in [0.29, 0.717) is 54.6 Å². The molecule has 18 heteroatoms. The molecular weight excluding hydrogens is 642 g/mol. The van der Waals surface area contributed by atoms with Crippen LogP contribution in [0.15, 0.2) is 49.1 Å². The normalized spacial score (nSPS) is 18.7. The summed E-state index contributed by atoms with van der Waals surface area (Å²) >= 11 is 0. The Hall–Kier alpha value is -5.10. The summed E-state index contributed by atoms with van der Waals surface area (Å²) in [5.74, 6) is 1.50. The Morgan fingerprint density at radius 2 is 1.90 bits per heavy atom. The Morgan fingerprint density at radius 3 is 2.62 bits per heavy atom. The first-order valence-corrected chi connectivity index (χ1v) is 17.5. The number of nitrogens with one attached hydrogen (secondary N) is 1. The van der Waals surface area contributed by atoms with Gasteiger partial charge in [0.1, 0.15) is 29.6 Å². The van der Waals surface area contributed by atoms with Crippen molar-refractivity contribution < 1.29 is 22.8 Å². The minimum Gasteiger partial charge on any atom is -0.474 e. The SMILES string of the molecule is Cn1c(CN(c2cnc3cc(N4CCOCC4)nc(OC4CCC(Nc5ccn6nccc6n5)CC4)c3c2)S(C)(=O)=O)cnc1[N+](=O)[O-]. The summed E-state index contributed by atoms with van der Waals surface area (Å²) in [6.07, 6.45) is 10.6. The molecule has 1 saturated heterocycles. The average molecular weight is 678 g/mol.